The molecule has 0 spiro atoms. The van der Waals surface area contributed by atoms with Gasteiger partial charge in [0.05, 0.1) is 17.9 Å². The van der Waals surface area contributed by atoms with Gasteiger partial charge in [-0.15, -0.1) is 0 Å². The quantitative estimate of drug-likeness (QED) is 0.798. The number of piperazine rings is 1. The Labute approximate surface area is 159 Å². The second kappa shape index (κ2) is 7.85. The molecule has 2 fully saturated rings. The van der Waals surface area contributed by atoms with Crippen LogP contribution in [0.15, 0.2) is 29.2 Å². The fourth-order valence-electron chi connectivity index (χ4n) is 3.58. The standard InChI is InChI=1S/C18H25N3O5S/c1-13-17(22)19-9-11-21(13)18(23)14-4-3-10-20(12-14)27(24,25)16-7-5-15(26-2)6-8-16/h5-8,13-14H,3-4,9-12H2,1-2H3,(H,19,22). The third-order valence-electron chi connectivity index (χ3n) is 5.21. The zero-order valence-electron chi connectivity index (χ0n) is 15.6. The molecule has 2 aliphatic rings. The van der Waals surface area contributed by atoms with Gasteiger partial charge >= 0.3 is 0 Å². The molecule has 9 heteroatoms. The number of nitrogens with zero attached hydrogens (tertiary/aromatic N) is 2. The van der Waals surface area contributed by atoms with E-state index in [0.29, 0.717) is 38.2 Å². The fourth-order valence-corrected chi connectivity index (χ4v) is 5.10. The SMILES string of the molecule is COc1ccc(S(=O)(=O)N2CCCC(C(=O)N3CCNC(=O)C3C)C2)cc1. The van der Waals surface area contributed by atoms with Crippen LogP contribution in [0, 0.1) is 5.92 Å². The third kappa shape index (κ3) is 3.93. The van der Waals surface area contributed by atoms with Crippen LogP contribution in [0.2, 0.25) is 0 Å². The lowest BCUT2D eigenvalue weighted by atomic mass is 9.97. The molecule has 2 amide bonds. The van der Waals surface area contributed by atoms with Crippen molar-refractivity contribution < 1.29 is 22.7 Å². The number of hydrogen-bond donors (Lipinski definition) is 1. The molecule has 1 aromatic rings. The van der Waals surface area contributed by atoms with E-state index in [1.807, 2.05) is 0 Å². The summed E-state index contributed by atoms with van der Waals surface area (Å²) in [7, 11) is -2.16. The van der Waals surface area contributed by atoms with Crippen molar-refractivity contribution in [3.63, 3.8) is 0 Å². The van der Waals surface area contributed by atoms with E-state index in [2.05, 4.69) is 5.32 Å². The summed E-state index contributed by atoms with van der Waals surface area (Å²) in [6.07, 6.45) is 1.23. The molecule has 3 rings (SSSR count). The van der Waals surface area contributed by atoms with E-state index >= 15 is 0 Å². The molecule has 0 radical (unpaired) electrons. The van der Waals surface area contributed by atoms with Gasteiger partial charge in [0.2, 0.25) is 21.8 Å². The Kier molecular flexibility index (Phi) is 5.71. The number of carbonyl (C=O) groups is 2. The van der Waals surface area contributed by atoms with Crippen LogP contribution in [0.25, 0.3) is 0 Å². The van der Waals surface area contributed by atoms with Gasteiger partial charge in [-0.05, 0) is 44.0 Å². The summed E-state index contributed by atoms with van der Waals surface area (Å²) in [5.41, 5.74) is 0. The van der Waals surface area contributed by atoms with E-state index in [0.717, 1.165) is 0 Å². The number of ether oxygens (including phenoxy) is 1. The van der Waals surface area contributed by atoms with Crippen molar-refractivity contribution in [2.75, 3.05) is 33.3 Å². The smallest absolute Gasteiger partial charge is 0.243 e. The van der Waals surface area contributed by atoms with Crippen molar-refractivity contribution in [3.05, 3.63) is 24.3 Å². The lowest BCUT2D eigenvalue weighted by Gasteiger charge is -2.38. The van der Waals surface area contributed by atoms with E-state index in [1.165, 1.54) is 23.5 Å². The molecule has 0 aromatic heterocycles. The van der Waals surface area contributed by atoms with Gasteiger partial charge in [0.15, 0.2) is 0 Å². The predicted octanol–water partition coefficient (Wildman–Crippen LogP) is 0.443. The highest BCUT2D eigenvalue weighted by atomic mass is 32.2. The number of amides is 2. The summed E-state index contributed by atoms with van der Waals surface area (Å²) in [5.74, 6) is -0.168. The minimum Gasteiger partial charge on any atom is -0.497 e. The summed E-state index contributed by atoms with van der Waals surface area (Å²) in [6, 6.07) is 5.70. The van der Waals surface area contributed by atoms with Gasteiger partial charge in [0.1, 0.15) is 11.8 Å². The molecule has 1 N–H and O–H groups in total. The second-order valence-corrected chi connectivity index (χ2v) is 8.81. The average Bonchev–Trinajstić information content (AvgIpc) is 2.69. The summed E-state index contributed by atoms with van der Waals surface area (Å²) < 4.78 is 32.3. The van der Waals surface area contributed by atoms with Gasteiger partial charge in [-0.1, -0.05) is 0 Å². The number of methoxy groups -OCH3 is 1. The van der Waals surface area contributed by atoms with Crippen molar-refractivity contribution in [1.82, 2.24) is 14.5 Å². The first kappa shape index (κ1) is 19.6. The van der Waals surface area contributed by atoms with Gasteiger partial charge in [-0.25, -0.2) is 8.42 Å². The molecule has 8 nitrogen and oxygen atoms in total. The van der Waals surface area contributed by atoms with Gasteiger partial charge in [-0.3, -0.25) is 9.59 Å². The van der Waals surface area contributed by atoms with Gasteiger partial charge < -0.3 is 15.0 Å². The van der Waals surface area contributed by atoms with E-state index < -0.39 is 22.0 Å². The third-order valence-corrected chi connectivity index (χ3v) is 7.09. The topological polar surface area (TPSA) is 96.0 Å². The molecule has 2 saturated heterocycles. The van der Waals surface area contributed by atoms with Crippen molar-refractivity contribution in [3.8, 4) is 5.75 Å². The molecule has 1 aromatic carbocycles. The normalized spacial score (nSPS) is 24.4. The minimum absolute atomic E-state index is 0.137. The Bertz CT molecular complexity index is 809. The molecule has 0 bridgehead atoms. The van der Waals surface area contributed by atoms with Crippen molar-refractivity contribution >= 4 is 21.8 Å². The lowest BCUT2D eigenvalue weighted by molar-refractivity contribution is -0.146. The van der Waals surface area contributed by atoms with Crippen LogP contribution in [-0.2, 0) is 19.6 Å². The molecule has 148 valence electrons. The Morgan fingerprint density at radius 2 is 1.93 bits per heavy atom. The van der Waals surface area contributed by atoms with E-state index in [4.69, 9.17) is 4.74 Å². The highest BCUT2D eigenvalue weighted by Gasteiger charge is 2.38. The van der Waals surface area contributed by atoms with E-state index in [9.17, 15) is 18.0 Å². The number of hydrogen-bond acceptors (Lipinski definition) is 5. The summed E-state index contributed by atoms with van der Waals surface area (Å²) in [6.45, 7) is 3.09. The molecule has 0 saturated carbocycles. The number of rotatable bonds is 4. The van der Waals surface area contributed by atoms with Crippen LogP contribution in [-0.4, -0.2) is 68.8 Å². The molecule has 0 aliphatic carbocycles. The van der Waals surface area contributed by atoms with Crippen LogP contribution < -0.4 is 10.1 Å². The summed E-state index contributed by atoms with van der Waals surface area (Å²) in [5, 5.41) is 2.73. The van der Waals surface area contributed by atoms with Gasteiger partial charge in [0.25, 0.3) is 0 Å². The van der Waals surface area contributed by atoms with Gasteiger partial charge in [0, 0.05) is 26.2 Å². The summed E-state index contributed by atoms with van der Waals surface area (Å²) in [4.78, 5) is 26.5. The molecule has 27 heavy (non-hydrogen) atoms. The van der Waals surface area contributed by atoms with Crippen LogP contribution in [0.4, 0.5) is 0 Å². The number of benzene rings is 1. The Balaban J connectivity index is 1.74. The largest absolute Gasteiger partial charge is 0.497 e. The molecular formula is C18H25N3O5S. The van der Waals surface area contributed by atoms with E-state index in [-0.39, 0.29) is 23.3 Å². The maximum Gasteiger partial charge on any atom is 0.243 e. The van der Waals surface area contributed by atoms with Crippen LogP contribution in [0.1, 0.15) is 19.8 Å². The predicted molar refractivity (Wildman–Crippen MR) is 98.7 cm³/mol. The zero-order chi connectivity index (χ0) is 19.6. The van der Waals surface area contributed by atoms with Crippen LogP contribution in [0.5, 0.6) is 5.75 Å². The minimum atomic E-state index is -3.68. The average molecular weight is 395 g/mol. The molecular weight excluding hydrogens is 370 g/mol. The van der Waals surface area contributed by atoms with Crippen molar-refractivity contribution in [1.29, 1.82) is 0 Å². The highest BCUT2D eigenvalue weighted by molar-refractivity contribution is 7.89. The van der Waals surface area contributed by atoms with Crippen LogP contribution in [0.3, 0.4) is 0 Å². The van der Waals surface area contributed by atoms with Crippen molar-refractivity contribution in [2.24, 2.45) is 5.92 Å². The Morgan fingerprint density at radius 1 is 1.22 bits per heavy atom. The zero-order valence-corrected chi connectivity index (χ0v) is 16.4. The molecule has 2 heterocycles. The first-order chi connectivity index (χ1) is 12.8. The first-order valence-corrected chi connectivity index (χ1v) is 10.5. The Morgan fingerprint density at radius 3 is 2.59 bits per heavy atom. The van der Waals surface area contributed by atoms with Crippen molar-refractivity contribution in [2.45, 2.75) is 30.7 Å². The highest BCUT2D eigenvalue weighted by Crippen LogP contribution is 2.26. The second-order valence-electron chi connectivity index (χ2n) is 6.88. The molecule has 2 atom stereocenters. The number of carbonyl (C=O) groups excluding carboxylic acids is 2. The van der Waals surface area contributed by atoms with Gasteiger partial charge in [-0.2, -0.15) is 4.31 Å². The summed E-state index contributed by atoms with van der Waals surface area (Å²) >= 11 is 0. The van der Waals surface area contributed by atoms with E-state index in [1.54, 1.807) is 24.0 Å². The number of sulfonamides is 1. The Hall–Kier alpha value is -2.13. The lowest BCUT2D eigenvalue weighted by Crippen LogP contribution is -2.58. The number of piperidine rings is 1. The maximum atomic E-state index is 12.9. The number of nitrogens with one attached hydrogen (secondary N) is 1. The molecule has 2 aliphatic heterocycles. The first-order valence-electron chi connectivity index (χ1n) is 9.07. The molecule has 2 unspecified atom stereocenters. The van der Waals surface area contributed by atoms with Crippen LogP contribution >= 0.6 is 0 Å². The monoisotopic (exact) mass is 395 g/mol. The fraction of sp³-hybridized carbons (Fsp3) is 0.556. The maximum absolute atomic E-state index is 12.9.